The SMILES string of the molecule is CNC/C(=C\N)c1ccccc1. The van der Waals surface area contributed by atoms with Crippen LogP contribution in [0.25, 0.3) is 5.57 Å². The van der Waals surface area contributed by atoms with E-state index in [4.69, 9.17) is 5.73 Å². The average molecular weight is 162 g/mol. The van der Waals surface area contributed by atoms with Crippen molar-refractivity contribution in [1.82, 2.24) is 5.32 Å². The van der Waals surface area contributed by atoms with Crippen molar-refractivity contribution in [3.63, 3.8) is 0 Å². The topological polar surface area (TPSA) is 38.0 Å². The second kappa shape index (κ2) is 4.57. The molecule has 0 bridgehead atoms. The lowest BCUT2D eigenvalue weighted by atomic mass is 10.1. The van der Waals surface area contributed by atoms with Crippen LogP contribution in [0.2, 0.25) is 0 Å². The van der Waals surface area contributed by atoms with Crippen LogP contribution >= 0.6 is 0 Å². The molecular formula is C10H14N2. The zero-order chi connectivity index (χ0) is 8.81. The minimum Gasteiger partial charge on any atom is -0.404 e. The summed E-state index contributed by atoms with van der Waals surface area (Å²) in [5.74, 6) is 0. The molecule has 0 saturated carbocycles. The van der Waals surface area contributed by atoms with E-state index >= 15 is 0 Å². The Morgan fingerprint density at radius 2 is 2.08 bits per heavy atom. The monoisotopic (exact) mass is 162 g/mol. The highest BCUT2D eigenvalue weighted by Crippen LogP contribution is 2.10. The molecule has 0 radical (unpaired) electrons. The minimum atomic E-state index is 0.806. The highest BCUT2D eigenvalue weighted by molar-refractivity contribution is 5.66. The molecule has 1 rings (SSSR count). The molecule has 64 valence electrons. The van der Waals surface area contributed by atoms with Crippen LogP contribution in [0.3, 0.4) is 0 Å². The molecule has 0 aliphatic heterocycles. The van der Waals surface area contributed by atoms with Crippen molar-refractivity contribution in [2.24, 2.45) is 5.73 Å². The van der Waals surface area contributed by atoms with E-state index in [-0.39, 0.29) is 0 Å². The van der Waals surface area contributed by atoms with Gasteiger partial charge in [-0.1, -0.05) is 30.3 Å². The van der Waals surface area contributed by atoms with Crippen molar-refractivity contribution >= 4 is 5.57 Å². The molecule has 1 aromatic rings. The van der Waals surface area contributed by atoms with Gasteiger partial charge in [0.1, 0.15) is 0 Å². The molecule has 0 unspecified atom stereocenters. The smallest absolute Gasteiger partial charge is 0.0222 e. The number of hydrogen-bond acceptors (Lipinski definition) is 2. The number of rotatable bonds is 3. The standard InChI is InChI=1S/C10H14N2/c1-12-8-10(7-11)9-5-3-2-4-6-9/h2-7,12H,8,11H2,1H3/b10-7+. The van der Waals surface area contributed by atoms with Crippen molar-refractivity contribution < 1.29 is 0 Å². The summed E-state index contributed by atoms with van der Waals surface area (Å²) in [5.41, 5.74) is 7.79. The van der Waals surface area contributed by atoms with E-state index in [2.05, 4.69) is 17.4 Å². The fourth-order valence-electron chi connectivity index (χ4n) is 1.10. The maximum Gasteiger partial charge on any atom is 0.0222 e. The molecule has 3 N–H and O–H groups in total. The highest BCUT2D eigenvalue weighted by atomic mass is 14.8. The van der Waals surface area contributed by atoms with Crippen molar-refractivity contribution in [3.8, 4) is 0 Å². The van der Waals surface area contributed by atoms with E-state index in [0.717, 1.165) is 12.1 Å². The maximum absolute atomic E-state index is 5.49. The van der Waals surface area contributed by atoms with Gasteiger partial charge in [0, 0.05) is 6.54 Å². The minimum absolute atomic E-state index is 0.806. The summed E-state index contributed by atoms with van der Waals surface area (Å²) in [6, 6.07) is 10.1. The van der Waals surface area contributed by atoms with Gasteiger partial charge >= 0.3 is 0 Å². The summed E-state index contributed by atoms with van der Waals surface area (Å²) in [4.78, 5) is 0. The molecule has 12 heavy (non-hydrogen) atoms. The van der Waals surface area contributed by atoms with Crippen LogP contribution in [0, 0.1) is 0 Å². The Bertz CT molecular complexity index is 252. The third-order valence-corrected chi connectivity index (χ3v) is 1.71. The van der Waals surface area contributed by atoms with Crippen molar-refractivity contribution in [3.05, 3.63) is 42.1 Å². The van der Waals surface area contributed by atoms with Gasteiger partial charge < -0.3 is 11.1 Å². The van der Waals surface area contributed by atoms with E-state index in [1.54, 1.807) is 6.20 Å². The van der Waals surface area contributed by atoms with Gasteiger partial charge in [0.05, 0.1) is 0 Å². The van der Waals surface area contributed by atoms with Crippen molar-refractivity contribution in [2.75, 3.05) is 13.6 Å². The average Bonchev–Trinajstić information content (AvgIpc) is 2.15. The molecule has 0 aromatic heterocycles. The lowest BCUT2D eigenvalue weighted by Crippen LogP contribution is -2.10. The maximum atomic E-state index is 5.49. The van der Waals surface area contributed by atoms with Crippen molar-refractivity contribution in [2.45, 2.75) is 0 Å². The first kappa shape index (κ1) is 8.81. The first-order valence-corrected chi connectivity index (χ1v) is 3.99. The Labute approximate surface area is 73.1 Å². The second-order valence-electron chi connectivity index (χ2n) is 2.59. The van der Waals surface area contributed by atoms with Crippen LogP contribution in [0.5, 0.6) is 0 Å². The van der Waals surface area contributed by atoms with Gasteiger partial charge in [-0.2, -0.15) is 0 Å². The molecule has 2 heteroatoms. The number of benzene rings is 1. The van der Waals surface area contributed by atoms with Crippen LogP contribution < -0.4 is 11.1 Å². The zero-order valence-corrected chi connectivity index (χ0v) is 7.25. The lowest BCUT2D eigenvalue weighted by Gasteiger charge is -2.04. The quantitative estimate of drug-likeness (QED) is 0.701. The van der Waals surface area contributed by atoms with Crippen LogP contribution in [0.15, 0.2) is 36.5 Å². The number of nitrogens with two attached hydrogens (primary N) is 1. The number of likely N-dealkylation sites (N-methyl/N-ethyl adjacent to an activating group) is 1. The van der Waals surface area contributed by atoms with Gasteiger partial charge in [-0.15, -0.1) is 0 Å². The fourth-order valence-corrected chi connectivity index (χ4v) is 1.10. The molecular weight excluding hydrogens is 148 g/mol. The fraction of sp³-hybridized carbons (Fsp3) is 0.200. The van der Waals surface area contributed by atoms with E-state index in [0.29, 0.717) is 0 Å². The first-order chi connectivity index (χ1) is 5.88. The summed E-state index contributed by atoms with van der Waals surface area (Å²) in [5, 5.41) is 3.07. The molecule has 0 aliphatic rings. The molecule has 1 aromatic carbocycles. The summed E-state index contributed by atoms with van der Waals surface area (Å²) in [7, 11) is 1.91. The highest BCUT2D eigenvalue weighted by Gasteiger charge is 1.96. The molecule has 0 aliphatic carbocycles. The Hall–Kier alpha value is -1.28. The van der Waals surface area contributed by atoms with E-state index in [1.807, 2.05) is 25.2 Å². The third-order valence-electron chi connectivity index (χ3n) is 1.71. The van der Waals surface area contributed by atoms with Crippen LogP contribution in [-0.2, 0) is 0 Å². The molecule has 2 nitrogen and oxygen atoms in total. The van der Waals surface area contributed by atoms with Gasteiger partial charge in [0.2, 0.25) is 0 Å². The van der Waals surface area contributed by atoms with Crippen LogP contribution in [0.4, 0.5) is 0 Å². The Morgan fingerprint density at radius 1 is 1.42 bits per heavy atom. The van der Waals surface area contributed by atoms with Gasteiger partial charge in [0.15, 0.2) is 0 Å². The molecule has 0 fully saturated rings. The van der Waals surface area contributed by atoms with Gasteiger partial charge in [-0.05, 0) is 24.4 Å². The number of nitrogens with one attached hydrogen (secondary N) is 1. The Kier molecular flexibility index (Phi) is 3.35. The molecule has 0 atom stereocenters. The molecule has 0 heterocycles. The third kappa shape index (κ3) is 2.10. The second-order valence-corrected chi connectivity index (χ2v) is 2.59. The van der Waals surface area contributed by atoms with Gasteiger partial charge in [0.25, 0.3) is 0 Å². The zero-order valence-electron chi connectivity index (χ0n) is 7.25. The summed E-state index contributed by atoms with van der Waals surface area (Å²) >= 11 is 0. The normalized spacial score (nSPS) is 11.6. The summed E-state index contributed by atoms with van der Waals surface area (Å²) in [6.45, 7) is 0.806. The van der Waals surface area contributed by atoms with Gasteiger partial charge in [-0.3, -0.25) is 0 Å². The predicted molar refractivity (Wildman–Crippen MR) is 52.5 cm³/mol. The van der Waals surface area contributed by atoms with Crippen LogP contribution in [-0.4, -0.2) is 13.6 Å². The van der Waals surface area contributed by atoms with Gasteiger partial charge in [-0.25, -0.2) is 0 Å². The molecule has 0 saturated heterocycles. The Morgan fingerprint density at radius 3 is 2.58 bits per heavy atom. The van der Waals surface area contributed by atoms with Crippen molar-refractivity contribution in [1.29, 1.82) is 0 Å². The Balaban J connectivity index is 2.82. The van der Waals surface area contributed by atoms with E-state index in [1.165, 1.54) is 5.56 Å². The summed E-state index contributed by atoms with van der Waals surface area (Å²) in [6.07, 6.45) is 1.64. The van der Waals surface area contributed by atoms with E-state index in [9.17, 15) is 0 Å². The van der Waals surface area contributed by atoms with E-state index < -0.39 is 0 Å². The largest absolute Gasteiger partial charge is 0.404 e. The number of hydrogen-bond donors (Lipinski definition) is 2. The molecule has 0 spiro atoms. The van der Waals surface area contributed by atoms with Crippen LogP contribution in [0.1, 0.15) is 5.56 Å². The first-order valence-electron chi connectivity index (χ1n) is 3.99. The predicted octanol–water partition coefficient (Wildman–Crippen LogP) is 1.21. The molecule has 0 amide bonds. The summed E-state index contributed by atoms with van der Waals surface area (Å²) < 4.78 is 0. The lowest BCUT2D eigenvalue weighted by molar-refractivity contribution is 0.930.